The maximum Gasteiger partial charge on any atom is 0.205 e. The maximum atomic E-state index is 6.30. The quantitative estimate of drug-likeness (QED) is 0.866. The molecule has 138 valence electrons. The summed E-state index contributed by atoms with van der Waals surface area (Å²) in [4.78, 5) is 12.0. The minimum absolute atomic E-state index is 0.851. The number of rotatable bonds is 2. The molecule has 3 aliphatic rings. The second-order valence-corrected chi connectivity index (χ2v) is 7.63. The fraction of sp³-hybridized carbons (Fsp3) is 0.450. The Morgan fingerprint density at radius 3 is 2.69 bits per heavy atom. The Bertz CT molecular complexity index is 761. The molecular weight excluding hydrogens is 346 g/mol. The number of aliphatic imine (C=N–C) groups is 1. The summed E-state index contributed by atoms with van der Waals surface area (Å²) in [6, 6.07) is 8.11. The molecule has 0 atom stereocenters. The van der Waals surface area contributed by atoms with Crippen molar-refractivity contribution in [1.82, 2.24) is 20.0 Å². The van der Waals surface area contributed by atoms with Crippen molar-refractivity contribution < 1.29 is 0 Å². The predicted octanol–water partition coefficient (Wildman–Crippen LogP) is 2.87. The van der Waals surface area contributed by atoms with Crippen molar-refractivity contribution >= 4 is 17.6 Å². The number of hydrogen-bond acceptors (Lipinski definition) is 5. The summed E-state index contributed by atoms with van der Waals surface area (Å²) in [5.74, 6) is 2.04. The van der Waals surface area contributed by atoms with Crippen LogP contribution in [0.4, 0.5) is 0 Å². The minimum atomic E-state index is 0.851. The lowest BCUT2D eigenvalue weighted by Gasteiger charge is -2.40. The van der Waals surface area contributed by atoms with Gasteiger partial charge >= 0.3 is 0 Å². The van der Waals surface area contributed by atoms with Gasteiger partial charge in [-0.05, 0) is 24.5 Å². The monoisotopic (exact) mass is 371 g/mol. The van der Waals surface area contributed by atoms with E-state index in [1.165, 1.54) is 17.6 Å². The highest BCUT2D eigenvalue weighted by atomic mass is 35.5. The van der Waals surface area contributed by atoms with Crippen LogP contribution in [0.3, 0.4) is 0 Å². The SMILES string of the molecule is C=C1NC(N2CCN(Cc3ccccc3Cl)CC2)=NC2=C1CCCN2C. The van der Waals surface area contributed by atoms with E-state index in [1.54, 1.807) is 0 Å². The second kappa shape index (κ2) is 7.33. The van der Waals surface area contributed by atoms with E-state index in [4.69, 9.17) is 16.6 Å². The van der Waals surface area contributed by atoms with E-state index in [-0.39, 0.29) is 0 Å². The number of piperazine rings is 1. The molecule has 4 rings (SSSR count). The number of allylic oxidation sites excluding steroid dienone is 1. The normalized spacial score (nSPS) is 21.5. The summed E-state index contributed by atoms with van der Waals surface area (Å²) in [5.41, 5.74) is 3.47. The van der Waals surface area contributed by atoms with Crippen molar-refractivity contribution in [2.75, 3.05) is 39.8 Å². The standard InChI is InChI=1S/C20H26ClN5/c1-15-17-7-5-9-24(2)19(17)23-20(22-15)26-12-10-25(11-13-26)14-16-6-3-4-8-18(16)21/h3-4,6,8H,1,5,7,9-14H2,2H3,(H,22,23). The molecule has 1 fully saturated rings. The van der Waals surface area contributed by atoms with Gasteiger partial charge in [-0.3, -0.25) is 4.90 Å². The third kappa shape index (κ3) is 3.46. The zero-order valence-corrected chi connectivity index (χ0v) is 16.1. The predicted molar refractivity (Wildman–Crippen MR) is 107 cm³/mol. The molecule has 3 aliphatic heterocycles. The van der Waals surface area contributed by atoms with Crippen LogP contribution in [0.15, 0.2) is 52.9 Å². The first-order chi connectivity index (χ1) is 12.6. The summed E-state index contributed by atoms with van der Waals surface area (Å²) < 4.78 is 0. The van der Waals surface area contributed by atoms with Gasteiger partial charge in [-0.1, -0.05) is 36.4 Å². The van der Waals surface area contributed by atoms with E-state index >= 15 is 0 Å². The van der Waals surface area contributed by atoms with Crippen LogP contribution in [0.25, 0.3) is 0 Å². The van der Waals surface area contributed by atoms with Crippen LogP contribution in [0.1, 0.15) is 18.4 Å². The van der Waals surface area contributed by atoms with E-state index in [0.717, 1.165) is 68.2 Å². The van der Waals surface area contributed by atoms with Crippen LogP contribution in [0.5, 0.6) is 0 Å². The number of benzene rings is 1. The number of nitrogens with one attached hydrogen (secondary N) is 1. The van der Waals surface area contributed by atoms with Gasteiger partial charge in [0.25, 0.3) is 0 Å². The van der Waals surface area contributed by atoms with Crippen LogP contribution in [-0.4, -0.2) is 60.4 Å². The fourth-order valence-corrected chi connectivity index (χ4v) is 4.05. The molecule has 0 amide bonds. The Labute approximate surface area is 160 Å². The summed E-state index contributed by atoms with van der Waals surface area (Å²) in [6.45, 7) is 10.1. The Morgan fingerprint density at radius 2 is 1.92 bits per heavy atom. The van der Waals surface area contributed by atoms with Crippen molar-refractivity contribution in [2.24, 2.45) is 4.99 Å². The molecule has 0 bridgehead atoms. The lowest BCUT2D eigenvalue weighted by atomic mass is 10.0. The van der Waals surface area contributed by atoms with Gasteiger partial charge in [0.15, 0.2) is 0 Å². The van der Waals surface area contributed by atoms with E-state index in [2.05, 4.69) is 45.8 Å². The first-order valence-electron chi connectivity index (χ1n) is 9.32. The molecule has 5 nitrogen and oxygen atoms in total. The van der Waals surface area contributed by atoms with Gasteiger partial charge in [0.1, 0.15) is 5.82 Å². The Morgan fingerprint density at radius 1 is 1.15 bits per heavy atom. The van der Waals surface area contributed by atoms with Crippen LogP contribution in [0.2, 0.25) is 5.02 Å². The summed E-state index contributed by atoms with van der Waals surface area (Å²) in [6.07, 6.45) is 2.23. The van der Waals surface area contributed by atoms with Gasteiger partial charge in [-0.2, -0.15) is 4.99 Å². The molecule has 0 aromatic heterocycles. The smallest absolute Gasteiger partial charge is 0.205 e. The molecular formula is C20H26ClN5. The molecule has 0 spiro atoms. The third-order valence-electron chi connectivity index (χ3n) is 5.41. The fourth-order valence-electron chi connectivity index (χ4n) is 3.85. The molecule has 3 heterocycles. The highest BCUT2D eigenvalue weighted by Gasteiger charge is 2.28. The van der Waals surface area contributed by atoms with Gasteiger partial charge in [0.2, 0.25) is 5.96 Å². The van der Waals surface area contributed by atoms with Gasteiger partial charge < -0.3 is 15.1 Å². The Hall–Kier alpha value is -1.98. The van der Waals surface area contributed by atoms with Crippen molar-refractivity contribution in [1.29, 1.82) is 0 Å². The molecule has 0 unspecified atom stereocenters. The van der Waals surface area contributed by atoms with Crippen molar-refractivity contribution in [3.05, 3.63) is 58.5 Å². The molecule has 1 saturated heterocycles. The summed E-state index contributed by atoms with van der Waals surface area (Å²) >= 11 is 6.30. The van der Waals surface area contributed by atoms with E-state index in [0.29, 0.717) is 0 Å². The van der Waals surface area contributed by atoms with E-state index in [1.807, 2.05) is 12.1 Å². The average molecular weight is 372 g/mol. The van der Waals surface area contributed by atoms with E-state index in [9.17, 15) is 0 Å². The zero-order chi connectivity index (χ0) is 18.1. The summed E-state index contributed by atoms with van der Waals surface area (Å²) in [5, 5.41) is 4.29. The van der Waals surface area contributed by atoms with E-state index < -0.39 is 0 Å². The maximum absolute atomic E-state index is 6.30. The molecule has 1 aromatic carbocycles. The molecule has 1 aromatic rings. The zero-order valence-electron chi connectivity index (χ0n) is 15.3. The highest BCUT2D eigenvalue weighted by molar-refractivity contribution is 6.31. The van der Waals surface area contributed by atoms with Gasteiger partial charge in [-0.25, -0.2) is 0 Å². The minimum Gasteiger partial charge on any atom is -0.359 e. The lowest BCUT2D eigenvalue weighted by Crippen LogP contribution is -2.53. The second-order valence-electron chi connectivity index (χ2n) is 7.22. The molecule has 0 saturated carbocycles. The topological polar surface area (TPSA) is 34.1 Å². The number of hydrogen-bond donors (Lipinski definition) is 1. The van der Waals surface area contributed by atoms with Gasteiger partial charge in [0, 0.05) is 62.6 Å². The lowest BCUT2D eigenvalue weighted by molar-refractivity contribution is 0.172. The van der Waals surface area contributed by atoms with Crippen molar-refractivity contribution in [2.45, 2.75) is 19.4 Å². The highest BCUT2D eigenvalue weighted by Crippen LogP contribution is 2.29. The van der Waals surface area contributed by atoms with Crippen molar-refractivity contribution in [3.8, 4) is 0 Å². The number of halogens is 1. The van der Waals surface area contributed by atoms with Crippen LogP contribution in [0, 0.1) is 0 Å². The Kier molecular flexibility index (Phi) is 4.92. The van der Waals surface area contributed by atoms with Gasteiger partial charge in [0.05, 0.1) is 0 Å². The first kappa shape index (κ1) is 17.4. The van der Waals surface area contributed by atoms with Crippen LogP contribution in [-0.2, 0) is 6.54 Å². The summed E-state index contributed by atoms with van der Waals surface area (Å²) in [7, 11) is 2.12. The van der Waals surface area contributed by atoms with Gasteiger partial charge in [-0.15, -0.1) is 0 Å². The Balaban J connectivity index is 1.41. The largest absolute Gasteiger partial charge is 0.359 e. The third-order valence-corrected chi connectivity index (χ3v) is 5.78. The average Bonchev–Trinajstić information content (AvgIpc) is 2.65. The molecule has 0 radical (unpaired) electrons. The first-order valence-corrected chi connectivity index (χ1v) is 9.69. The van der Waals surface area contributed by atoms with Crippen molar-refractivity contribution in [3.63, 3.8) is 0 Å². The molecule has 1 N–H and O–H groups in total. The van der Waals surface area contributed by atoms with Crippen LogP contribution >= 0.6 is 11.6 Å². The van der Waals surface area contributed by atoms with Crippen LogP contribution < -0.4 is 5.32 Å². The number of nitrogens with zero attached hydrogens (tertiary/aromatic N) is 4. The number of guanidine groups is 1. The molecule has 0 aliphatic carbocycles. The molecule has 6 heteroatoms. The molecule has 26 heavy (non-hydrogen) atoms.